The van der Waals surface area contributed by atoms with Crippen LogP contribution in [0.2, 0.25) is 0 Å². The molecule has 3 N–H and O–H groups in total. The van der Waals surface area contributed by atoms with Gasteiger partial charge in [-0.2, -0.15) is 0 Å². The molecule has 21 heavy (non-hydrogen) atoms. The molecule has 5 nitrogen and oxygen atoms in total. The summed E-state index contributed by atoms with van der Waals surface area (Å²) >= 11 is 0. The van der Waals surface area contributed by atoms with Gasteiger partial charge >= 0.3 is 0 Å². The zero-order chi connectivity index (χ0) is 15.4. The van der Waals surface area contributed by atoms with Gasteiger partial charge in [-0.3, -0.25) is 4.79 Å². The quantitative estimate of drug-likeness (QED) is 0.362. The van der Waals surface area contributed by atoms with E-state index in [0.717, 1.165) is 12.1 Å². The second kappa shape index (κ2) is 6.61. The summed E-state index contributed by atoms with van der Waals surface area (Å²) in [7, 11) is 1.79. The Hall–Kier alpha value is -2.04. The number of carbonyl (C=O) groups excluding carboxylic acids is 1. The summed E-state index contributed by atoms with van der Waals surface area (Å²) in [5, 5.41) is 12.0. The van der Waals surface area contributed by atoms with Gasteiger partial charge in [0.05, 0.1) is 0 Å². The lowest BCUT2D eigenvalue weighted by Gasteiger charge is -2.23. The average Bonchev–Trinajstić information content (AvgIpc) is 3.19. The Morgan fingerprint density at radius 1 is 1.48 bits per heavy atom. The van der Waals surface area contributed by atoms with Crippen molar-refractivity contribution in [2.75, 3.05) is 13.6 Å². The molecule has 1 amide bonds. The summed E-state index contributed by atoms with van der Waals surface area (Å²) in [6.45, 7) is 2.93. The molecule has 1 aliphatic carbocycles. The first kappa shape index (κ1) is 15.4. The van der Waals surface area contributed by atoms with E-state index in [2.05, 4.69) is 12.1 Å². The van der Waals surface area contributed by atoms with Gasteiger partial charge in [0, 0.05) is 13.6 Å². The lowest BCUT2D eigenvalue weighted by atomic mass is 9.97. The van der Waals surface area contributed by atoms with Crippen LogP contribution < -0.4 is 5.73 Å². The number of hydrogen-bond donors (Lipinski definition) is 2. The third-order valence-corrected chi connectivity index (χ3v) is 4.21. The van der Waals surface area contributed by atoms with Gasteiger partial charge in [0.25, 0.3) is 0 Å². The van der Waals surface area contributed by atoms with E-state index in [9.17, 15) is 4.79 Å². The van der Waals surface area contributed by atoms with Gasteiger partial charge in [-0.15, -0.1) is 0 Å². The van der Waals surface area contributed by atoms with Crippen LogP contribution in [0.15, 0.2) is 35.5 Å². The highest BCUT2D eigenvalue weighted by Gasteiger charge is 2.36. The van der Waals surface area contributed by atoms with Crippen molar-refractivity contribution in [2.24, 2.45) is 28.6 Å². The molecule has 1 fully saturated rings. The molecule has 0 heterocycles. The number of benzene rings is 1. The third-order valence-electron chi connectivity index (χ3n) is 4.21. The first-order valence-electron chi connectivity index (χ1n) is 7.29. The van der Waals surface area contributed by atoms with Crippen LogP contribution >= 0.6 is 0 Å². The summed E-state index contributed by atoms with van der Waals surface area (Å²) in [5.74, 6) is 0.546. The molecule has 2 rings (SSSR count). The molecule has 0 saturated heterocycles. The number of rotatable bonds is 6. The standard InChI is InChI=1S/C16H23N3O2/c1-11-8-13(11)10-19(2)16(20)14(15(17)18-21)9-12-6-4-3-5-7-12/h3-7,11,13-14,21H,8-10H2,1-2H3,(H2,17,18). The lowest BCUT2D eigenvalue weighted by molar-refractivity contribution is -0.132. The second-order valence-corrected chi connectivity index (χ2v) is 5.96. The fraction of sp³-hybridized carbons (Fsp3) is 0.500. The van der Waals surface area contributed by atoms with Crippen molar-refractivity contribution in [2.45, 2.75) is 19.8 Å². The topological polar surface area (TPSA) is 78.9 Å². The van der Waals surface area contributed by atoms with Crippen molar-refractivity contribution < 1.29 is 10.0 Å². The molecule has 0 radical (unpaired) electrons. The number of oxime groups is 1. The monoisotopic (exact) mass is 289 g/mol. The summed E-state index contributed by atoms with van der Waals surface area (Å²) in [6, 6.07) is 9.63. The highest BCUT2D eigenvalue weighted by atomic mass is 16.4. The smallest absolute Gasteiger partial charge is 0.233 e. The second-order valence-electron chi connectivity index (χ2n) is 5.96. The SMILES string of the molecule is CC1CC1CN(C)C(=O)C(Cc1ccccc1)C(N)=NO. The average molecular weight is 289 g/mol. The van der Waals surface area contributed by atoms with Crippen LogP contribution in [0.4, 0.5) is 0 Å². The Balaban J connectivity index is 2.06. The maximum atomic E-state index is 12.6. The lowest BCUT2D eigenvalue weighted by Crippen LogP contribution is -2.42. The first-order valence-corrected chi connectivity index (χ1v) is 7.29. The molecule has 5 heteroatoms. The molecule has 1 aromatic rings. The minimum absolute atomic E-state index is 0.0282. The van der Waals surface area contributed by atoms with Crippen molar-refractivity contribution >= 4 is 11.7 Å². The van der Waals surface area contributed by atoms with Crippen LogP contribution in [0, 0.1) is 17.8 Å². The molecule has 1 aromatic carbocycles. The molecule has 1 aliphatic rings. The number of amidine groups is 1. The summed E-state index contributed by atoms with van der Waals surface area (Å²) in [5.41, 5.74) is 6.73. The number of nitrogens with two attached hydrogens (primary N) is 1. The van der Waals surface area contributed by atoms with E-state index in [-0.39, 0.29) is 11.7 Å². The van der Waals surface area contributed by atoms with E-state index in [0.29, 0.717) is 18.3 Å². The molecule has 3 unspecified atom stereocenters. The Morgan fingerprint density at radius 2 is 2.10 bits per heavy atom. The maximum Gasteiger partial charge on any atom is 0.233 e. The van der Waals surface area contributed by atoms with Crippen molar-refractivity contribution in [3.05, 3.63) is 35.9 Å². The minimum Gasteiger partial charge on any atom is -0.409 e. The molecule has 0 aromatic heterocycles. The molecule has 3 atom stereocenters. The maximum absolute atomic E-state index is 12.6. The largest absolute Gasteiger partial charge is 0.409 e. The van der Waals surface area contributed by atoms with E-state index in [1.54, 1.807) is 11.9 Å². The van der Waals surface area contributed by atoms with Crippen LogP contribution in [0.5, 0.6) is 0 Å². The van der Waals surface area contributed by atoms with Gasteiger partial charge in [-0.05, 0) is 30.2 Å². The molecule has 1 saturated carbocycles. The number of hydrogen-bond acceptors (Lipinski definition) is 3. The fourth-order valence-corrected chi connectivity index (χ4v) is 2.60. The summed E-state index contributed by atoms with van der Waals surface area (Å²) < 4.78 is 0. The molecule has 0 aliphatic heterocycles. The van der Waals surface area contributed by atoms with Crippen LogP contribution in [-0.2, 0) is 11.2 Å². The van der Waals surface area contributed by atoms with E-state index in [1.165, 1.54) is 6.42 Å². The third kappa shape index (κ3) is 3.97. The number of carbonyl (C=O) groups is 1. The van der Waals surface area contributed by atoms with Crippen LogP contribution in [0.25, 0.3) is 0 Å². The van der Waals surface area contributed by atoms with Crippen LogP contribution in [0.3, 0.4) is 0 Å². The van der Waals surface area contributed by atoms with Gasteiger partial charge < -0.3 is 15.8 Å². The Labute approximate surface area is 125 Å². The van der Waals surface area contributed by atoms with E-state index < -0.39 is 5.92 Å². The molecule has 0 spiro atoms. The molecule has 114 valence electrons. The predicted octanol–water partition coefficient (Wildman–Crippen LogP) is 1.71. The van der Waals surface area contributed by atoms with Crippen molar-refractivity contribution in [1.82, 2.24) is 4.90 Å². The van der Waals surface area contributed by atoms with Gasteiger partial charge in [0.1, 0.15) is 5.92 Å². The van der Waals surface area contributed by atoms with Crippen molar-refractivity contribution in [1.29, 1.82) is 0 Å². The van der Waals surface area contributed by atoms with E-state index >= 15 is 0 Å². The van der Waals surface area contributed by atoms with Gasteiger partial charge in [-0.25, -0.2) is 0 Å². The Bertz CT molecular complexity index is 516. The van der Waals surface area contributed by atoms with E-state index in [1.807, 2.05) is 30.3 Å². The molecular formula is C16H23N3O2. The zero-order valence-corrected chi connectivity index (χ0v) is 12.6. The number of nitrogens with zero attached hydrogens (tertiary/aromatic N) is 2. The first-order chi connectivity index (χ1) is 10.0. The molecule has 0 bridgehead atoms. The normalized spacial score (nSPS) is 22.7. The minimum atomic E-state index is -0.614. The zero-order valence-electron chi connectivity index (χ0n) is 12.6. The summed E-state index contributed by atoms with van der Waals surface area (Å²) in [6.07, 6.45) is 1.62. The highest BCUT2D eigenvalue weighted by molar-refractivity contribution is 6.02. The van der Waals surface area contributed by atoms with E-state index in [4.69, 9.17) is 10.9 Å². The highest BCUT2D eigenvalue weighted by Crippen LogP contribution is 2.38. The van der Waals surface area contributed by atoms with Crippen LogP contribution in [0.1, 0.15) is 18.9 Å². The van der Waals surface area contributed by atoms with Gasteiger partial charge in [-0.1, -0.05) is 42.4 Å². The molecular weight excluding hydrogens is 266 g/mol. The van der Waals surface area contributed by atoms with Gasteiger partial charge in [0.15, 0.2) is 5.84 Å². The summed E-state index contributed by atoms with van der Waals surface area (Å²) in [4.78, 5) is 14.3. The Kier molecular flexibility index (Phi) is 4.83. The van der Waals surface area contributed by atoms with Crippen molar-refractivity contribution in [3.8, 4) is 0 Å². The fourth-order valence-electron chi connectivity index (χ4n) is 2.60. The predicted molar refractivity (Wildman–Crippen MR) is 82.0 cm³/mol. The number of amides is 1. The van der Waals surface area contributed by atoms with Gasteiger partial charge in [0.2, 0.25) is 5.91 Å². The van der Waals surface area contributed by atoms with Crippen molar-refractivity contribution in [3.63, 3.8) is 0 Å². The Morgan fingerprint density at radius 3 is 2.62 bits per heavy atom. The van der Waals surface area contributed by atoms with Crippen LogP contribution in [-0.4, -0.2) is 35.4 Å².